The number of fused-ring (bicyclic) bond motifs is 3. The van der Waals surface area contributed by atoms with Crippen molar-refractivity contribution in [2.24, 2.45) is 0 Å². The summed E-state index contributed by atoms with van der Waals surface area (Å²) in [6, 6.07) is 7.16. The number of halogens is 1. The van der Waals surface area contributed by atoms with E-state index in [2.05, 4.69) is 10.3 Å². The number of rotatable bonds is 4. The minimum atomic E-state index is -0.243. The molecule has 0 bridgehead atoms. The number of thiophene rings is 1. The molecule has 0 saturated heterocycles. The van der Waals surface area contributed by atoms with Crippen LogP contribution in [0.2, 0.25) is 5.02 Å². The minimum absolute atomic E-state index is 0.0544. The van der Waals surface area contributed by atoms with Crippen molar-refractivity contribution in [1.82, 2.24) is 14.9 Å². The summed E-state index contributed by atoms with van der Waals surface area (Å²) < 4.78 is 1.40. The summed E-state index contributed by atoms with van der Waals surface area (Å²) >= 11 is 7.80. The smallest absolute Gasteiger partial charge is 0.262 e. The third-order valence-corrected chi connectivity index (χ3v) is 6.55. The topological polar surface area (TPSA) is 64.0 Å². The van der Waals surface area contributed by atoms with E-state index in [1.807, 2.05) is 25.1 Å². The van der Waals surface area contributed by atoms with Gasteiger partial charge in [0, 0.05) is 9.90 Å². The molecule has 1 aliphatic carbocycles. The summed E-state index contributed by atoms with van der Waals surface area (Å²) in [6.45, 7) is 1.82. The molecule has 1 atom stereocenters. The molecule has 0 saturated carbocycles. The minimum Gasteiger partial charge on any atom is -0.348 e. The van der Waals surface area contributed by atoms with Gasteiger partial charge >= 0.3 is 0 Å². The largest absolute Gasteiger partial charge is 0.348 e. The average Bonchev–Trinajstić information content (AvgIpc) is 3.03. The van der Waals surface area contributed by atoms with Crippen molar-refractivity contribution < 1.29 is 4.79 Å². The van der Waals surface area contributed by atoms with E-state index in [0.29, 0.717) is 10.4 Å². The summed E-state index contributed by atoms with van der Waals surface area (Å²) in [5.74, 6) is -0.241. The van der Waals surface area contributed by atoms with Gasteiger partial charge in [-0.25, -0.2) is 4.98 Å². The Hall–Kier alpha value is -2.18. The molecular weight excluding hydrogens is 382 g/mol. The van der Waals surface area contributed by atoms with E-state index in [4.69, 9.17) is 11.6 Å². The predicted molar refractivity (Wildman–Crippen MR) is 109 cm³/mol. The molecule has 0 spiro atoms. The number of nitrogens with zero attached hydrogens (tertiary/aromatic N) is 2. The lowest BCUT2D eigenvalue weighted by Crippen LogP contribution is -2.34. The van der Waals surface area contributed by atoms with Crippen molar-refractivity contribution in [3.8, 4) is 0 Å². The van der Waals surface area contributed by atoms with E-state index in [1.54, 1.807) is 17.4 Å². The van der Waals surface area contributed by atoms with Crippen LogP contribution in [-0.4, -0.2) is 15.5 Å². The molecule has 0 unspecified atom stereocenters. The van der Waals surface area contributed by atoms with E-state index >= 15 is 0 Å². The fraction of sp³-hybridized carbons (Fsp3) is 0.350. The normalized spacial score (nSPS) is 14.7. The maximum atomic E-state index is 12.9. The van der Waals surface area contributed by atoms with E-state index in [-0.39, 0.29) is 24.1 Å². The molecule has 5 nitrogen and oxygen atoms in total. The van der Waals surface area contributed by atoms with Gasteiger partial charge in [-0.15, -0.1) is 11.3 Å². The second kappa shape index (κ2) is 7.44. The standard InChI is InChI=1S/C20H20ClN3O2S/c1-12(13-6-2-4-8-15(13)21)23-17(25)10-24-11-22-19-18(20(24)26)14-7-3-5-9-16(14)27-19/h2,4,6,8,11-12H,3,5,7,9-10H2,1H3,(H,23,25)/t12-/m1/s1. The van der Waals surface area contributed by atoms with Crippen molar-refractivity contribution in [2.45, 2.75) is 45.2 Å². The number of nitrogens with one attached hydrogen (secondary N) is 1. The Morgan fingerprint density at radius 3 is 2.93 bits per heavy atom. The van der Waals surface area contributed by atoms with Crippen LogP contribution < -0.4 is 10.9 Å². The number of amides is 1. The van der Waals surface area contributed by atoms with Crippen molar-refractivity contribution in [3.05, 3.63) is 62.0 Å². The number of carbonyl (C=O) groups is 1. The number of carbonyl (C=O) groups excluding carboxylic acids is 1. The van der Waals surface area contributed by atoms with Gasteiger partial charge in [0.05, 0.1) is 17.8 Å². The molecule has 1 aliphatic rings. The maximum Gasteiger partial charge on any atom is 0.262 e. The van der Waals surface area contributed by atoms with Gasteiger partial charge in [-0.1, -0.05) is 29.8 Å². The Labute approximate surface area is 166 Å². The molecule has 0 fully saturated rings. The van der Waals surface area contributed by atoms with Gasteiger partial charge in [0.15, 0.2) is 0 Å². The van der Waals surface area contributed by atoms with Crippen LogP contribution in [0.1, 0.15) is 41.8 Å². The molecule has 0 aliphatic heterocycles. The average molecular weight is 402 g/mol. The number of aromatic nitrogens is 2. The van der Waals surface area contributed by atoms with Crippen LogP contribution in [0.5, 0.6) is 0 Å². The predicted octanol–water partition coefficient (Wildman–Crippen LogP) is 3.87. The van der Waals surface area contributed by atoms with E-state index in [1.165, 1.54) is 15.8 Å². The lowest BCUT2D eigenvalue weighted by atomic mass is 9.97. The SMILES string of the molecule is C[C@@H](NC(=O)Cn1cnc2sc3c(c2c1=O)CCCC3)c1ccccc1Cl. The zero-order valence-electron chi connectivity index (χ0n) is 15.0. The van der Waals surface area contributed by atoms with E-state index in [0.717, 1.165) is 41.6 Å². The van der Waals surface area contributed by atoms with E-state index in [9.17, 15) is 9.59 Å². The van der Waals surface area contributed by atoms with Gasteiger partial charge < -0.3 is 5.32 Å². The number of hydrogen-bond donors (Lipinski definition) is 1. The first kappa shape index (κ1) is 18.2. The molecule has 4 rings (SSSR count). The first-order valence-electron chi connectivity index (χ1n) is 9.08. The van der Waals surface area contributed by atoms with Crippen LogP contribution in [-0.2, 0) is 24.2 Å². The highest BCUT2D eigenvalue weighted by molar-refractivity contribution is 7.18. The van der Waals surface area contributed by atoms with Crippen LogP contribution >= 0.6 is 22.9 Å². The monoisotopic (exact) mass is 401 g/mol. The summed E-state index contributed by atoms with van der Waals surface area (Å²) in [4.78, 5) is 31.9. The summed E-state index contributed by atoms with van der Waals surface area (Å²) in [6.07, 6.45) is 5.68. The molecule has 2 heterocycles. The van der Waals surface area contributed by atoms with Gasteiger partial charge in [-0.3, -0.25) is 14.2 Å². The highest BCUT2D eigenvalue weighted by Crippen LogP contribution is 2.33. The Morgan fingerprint density at radius 2 is 2.11 bits per heavy atom. The van der Waals surface area contributed by atoms with E-state index < -0.39 is 0 Å². The van der Waals surface area contributed by atoms with Crippen molar-refractivity contribution in [2.75, 3.05) is 0 Å². The zero-order valence-corrected chi connectivity index (χ0v) is 16.6. The van der Waals surface area contributed by atoms with Crippen molar-refractivity contribution in [1.29, 1.82) is 0 Å². The fourth-order valence-electron chi connectivity index (χ4n) is 3.64. The third-order valence-electron chi connectivity index (χ3n) is 5.00. The van der Waals surface area contributed by atoms with Crippen LogP contribution in [0, 0.1) is 0 Å². The van der Waals surface area contributed by atoms with Gasteiger partial charge in [0.2, 0.25) is 5.91 Å². The number of benzene rings is 1. The van der Waals surface area contributed by atoms with Crippen LogP contribution in [0.15, 0.2) is 35.4 Å². The van der Waals surface area contributed by atoms with Crippen molar-refractivity contribution >= 4 is 39.1 Å². The summed E-state index contributed by atoms with van der Waals surface area (Å²) in [5.41, 5.74) is 1.86. The van der Waals surface area contributed by atoms with Crippen LogP contribution in [0.3, 0.4) is 0 Å². The molecule has 2 aromatic heterocycles. The number of hydrogen-bond acceptors (Lipinski definition) is 4. The molecular formula is C20H20ClN3O2S. The number of aryl methyl sites for hydroxylation is 2. The molecule has 0 radical (unpaired) electrons. The zero-order chi connectivity index (χ0) is 19.0. The van der Waals surface area contributed by atoms with Gasteiger partial charge in [0.1, 0.15) is 11.4 Å². The third kappa shape index (κ3) is 3.51. The lowest BCUT2D eigenvalue weighted by Gasteiger charge is -2.16. The molecule has 1 amide bonds. The summed E-state index contributed by atoms with van der Waals surface area (Å²) in [7, 11) is 0. The van der Waals surface area contributed by atoms with Gasteiger partial charge in [0.25, 0.3) is 5.56 Å². The molecule has 27 heavy (non-hydrogen) atoms. The van der Waals surface area contributed by atoms with Crippen molar-refractivity contribution in [3.63, 3.8) is 0 Å². The Balaban J connectivity index is 1.56. The van der Waals surface area contributed by atoms with Crippen LogP contribution in [0.25, 0.3) is 10.2 Å². The first-order valence-corrected chi connectivity index (χ1v) is 10.3. The molecule has 140 valence electrons. The lowest BCUT2D eigenvalue weighted by molar-refractivity contribution is -0.122. The second-order valence-electron chi connectivity index (χ2n) is 6.88. The Bertz CT molecular complexity index is 1070. The first-order chi connectivity index (χ1) is 13.0. The molecule has 3 aromatic rings. The molecule has 1 N–H and O–H groups in total. The quantitative estimate of drug-likeness (QED) is 0.721. The fourth-order valence-corrected chi connectivity index (χ4v) is 5.16. The highest BCUT2D eigenvalue weighted by atomic mass is 35.5. The molecule has 1 aromatic carbocycles. The second-order valence-corrected chi connectivity index (χ2v) is 8.37. The Morgan fingerprint density at radius 1 is 1.33 bits per heavy atom. The highest BCUT2D eigenvalue weighted by Gasteiger charge is 2.21. The maximum absolute atomic E-state index is 12.9. The van der Waals surface area contributed by atoms with Gasteiger partial charge in [-0.05, 0) is 49.8 Å². The summed E-state index contributed by atoms with van der Waals surface area (Å²) in [5, 5.41) is 4.21. The molecule has 7 heteroatoms. The van der Waals surface area contributed by atoms with Crippen LogP contribution in [0.4, 0.5) is 0 Å². The Kier molecular flexibility index (Phi) is 5.02. The van der Waals surface area contributed by atoms with Gasteiger partial charge in [-0.2, -0.15) is 0 Å².